The molecule has 0 spiro atoms. The number of rotatable bonds is 5. The van der Waals surface area contributed by atoms with Crippen LogP contribution < -0.4 is 10.1 Å². The molecule has 0 saturated carbocycles. The average molecular weight is 370 g/mol. The van der Waals surface area contributed by atoms with Crippen molar-refractivity contribution < 1.29 is 18.3 Å². The Morgan fingerprint density at radius 2 is 1.91 bits per heavy atom. The second kappa shape index (κ2) is 7.35. The summed E-state index contributed by atoms with van der Waals surface area (Å²) in [5, 5.41) is 2.74. The highest BCUT2D eigenvalue weighted by Gasteiger charge is 2.11. The van der Waals surface area contributed by atoms with Crippen molar-refractivity contribution in [3.63, 3.8) is 0 Å². The van der Waals surface area contributed by atoms with Crippen molar-refractivity contribution in [3.05, 3.63) is 64.1 Å². The van der Waals surface area contributed by atoms with Gasteiger partial charge in [0.2, 0.25) is 0 Å². The molecule has 1 amide bonds. The normalized spacial score (nSPS) is 11.8. The lowest BCUT2D eigenvalue weighted by Crippen LogP contribution is -2.31. The van der Waals surface area contributed by atoms with Crippen molar-refractivity contribution in [2.24, 2.45) is 0 Å². The third-order valence-electron chi connectivity index (χ3n) is 3.00. The van der Waals surface area contributed by atoms with E-state index in [1.165, 1.54) is 0 Å². The predicted octanol–water partition coefficient (Wildman–Crippen LogP) is 3.98. The maximum absolute atomic E-state index is 13.4. The van der Waals surface area contributed by atoms with Crippen LogP contribution in [0.2, 0.25) is 0 Å². The third kappa shape index (κ3) is 4.53. The zero-order valence-corrected chi connectivity index (χ0v) is 13.4. The Kier molecular flexibility index (Phi) is 5.49. The van der Waals surface area contributed by atoms with E-state index in [2.05, 4.69) is 21.2 Å². The molecular formula is C16H14BrF2NO2. The number of nitrogens with one attached hydrogen (secondary N) is 1. The first-order valence-electron chi connectivity index (χ1n) is 6.58. The minimum Gasteiger partial charge on any atom is -0.481 e. The Balaban J connectivity index is 1.88. The van der Waals surface area contributed by atoms with E-state index in [4.69, 9.17) is 4.74 Å². The van der Waals surface area contributed by atoms with Gasteiger partial charge in [0.1, 0.15) is 5.82 Å². The van der Waals surface area contributed by atoms with Crippen LogP contribution in [0, 0.1) is 11.6 Å². The molecule has 0 heterocycles. The van der Waals surface area contributed by atoms with Gasteiger partial charge < -0.3 is 10.1 Å². The van der Waals surface area contributed by atoms with E-state index in [9.17, 15) is 13.6 Å². The van der Waals surface area contributed by atoms with E-state index < -0.39 is 11.6 Å². The van der Waals surface area contributed by atoms with E-state index >= 15 is 0 Å². The summed E-state index contributed by atoms with van der Waals surface area (Å²) in [6, 6.07) is 10.2. The summed E-state index contributed by atoms with van der Waals surface area (Å²) in [6.45, 7) is 1.49. The standard InChI is InChI=1S/C16H14BrF2NO2/c1-10(11-2-4-12(17)5-3-11)20-16(21)9-22-15-7-6-13(18)8-14(15)19/h2-8,10H,9H2,1H3,(H,20,21). The van der Waals surface area contributed by atoms with Gasteiger partial charge in [-0.05, 0) is 36.8 Å². The fraction of sp³-hybridized carbons (Fsp3) is 0.188. The lowest BCUT2D eigenvalue weighted by molar-refractivity contribution is -0.123. The van der Waals surface area contributed by atoms with Crippen LogP contribution in [-0.4, -0.2) is 12.5 Å². The maximum atomic E-state index is 13.4. The van der Waals surface area contributed by atoms with Gasteiger partial charge in [-0.25, -0.2) is 8.78 Å². The smallest absolute Gasteiger partial charge is 0.258 e. The Morgan fingerprint density at radius 1 is 1.23 bits per heavy atom. The van der Waals surface area contributed by atoms with Crippen LogP contribution in [0.3, 0.4) is 0 Å². The van der Waals surface area contributed by atoms with Gasteiger partial charge in [-0.15, -0.1) is 0 Å². The molecule has 0 aliphatic rings. The molecule has 0 radical (unpaired) electrons. The summed E-state index contributed by atoms with van der Waals surface area (Å²) in [6.07, 6.45) is 0. The fourth-order valence-electron chi connectivity index (χ4n) is 1.85. The molecule has 2 aromatic carbocycles. The number of carbonyl (C=O) groups is 1. The Bertz CT molecular complexity index is 662. The zero-order chi connectivity index (χ0) is 16.1. The van der Waals surface area contributed by atoms with Crippen molar-refractivity contribution >= 4 is 21.8 Å². The highest BCUT2D eigenvalue weighted by molar-refractivity contribution is 9.10. The first-order chi connectivity index (χ1) is 10.5. The van der Waals surface area contributed by atoms with Crippen LogP contribution in [-0.2, 0) is 4.79 Å². The molecule has 1 N–H and O–H groups in total. The van der Waals surface area contributed by atoms with E-state index in [-0.39, 0.29) is 24.3 Å². The van der Waals surface area contributed by atoms with Crippen molar-refractivity contribution in [1.29, 1.82) is 0 Å². The van der Waals surface area contributed by atoms with Gasteiger partial charge in [0.25, 0.3) is 5.91 Å². The molecule has 0 aliphatic carbocycles. The maximum Gasteiger partial charge on any atom is 0.258 e. The molecular weight excluding hydrogens is 356 g/mol. The number of ether oxygens (including phenoxy) is 1. The first kappa shape index (κ1) is 16.4. The Morgan fingerprint density at radius 3 is 2.55 bits per heavy atom. The van der Waals surface area contributed by atoms with Crippen LogP contribution in [0.5, 0.6) is 5.75 Å². The molecule has 0 aromatic heterocycles. The molecule has 2 aromatic rings. The fourth-order valence-corrected chi connectivity index (χ4v) is 2.12. The van der Waals surface area contributed by atoms with Crippen LogP contribution >= 0.6 is 15.9 Å². The van der Waals surface area contributed by atoms with Crippen molar-refractivity contribution in [3.8, 4) is 5.75 Å². The summed E-state index contributed by atoms with van der Waals surface area (Å²) in [5.41, 5.74) is 0.935. The third-order valence-corrected chi connectivity index (χ3v) is 3.53. The molecule has 3 nitrogen and oxygen atoms in total. The largest absolute Gasteiger partial charge is 0.481 e. The number of carbonyl (C=O) groups excluding carboxylic acids is 1. The number of benzene rings is 2. The van der Waals surface area contributed by atoms with Crippen molar-refractivity contribution in [2.75, 3.05) is 6.61 Å². The van der Waals surface area contributed by atoms with Gasteiger partial charge in [-0.2, -0.15) is 0 Å². The molecule has 1 atom stereocenters. The van der Waals surface area contributed by atoms with Gasteiger partial charge in [0.15, 0.2) is 18.2 Å². The van der Waals surface area contributed by atoms with Gasteiger partial charge in [-0.1, -0.05) is 28.1 Å². The van der Waals surface area contributed by atoms with E-state index in [1.807, 2.05) is 31.2 Å². The molecule has 1 unspecified atom stereocenters. The molecule has 0 saturated heterocycles. The predicted molar refractivity (Wildman–Crippen MR) is 82.6 cm³/mol. The SMILES string of the molecule is CC(NC(=O)COc1ccc(F)cc1F)c1ccc(Br)cc1. The summed E-state index contributed by atoms with van der Waals surface area (Å²) in [4.78, 5) is 11.8. The summed E-state index contributed by atoms with van der Waals surface area (Å²) in [5.74, 6) is -2.08. The Labute approximate surface area is 135 Å². The van der Waals surface area contributed by atoms with Gasteiger partial charge in [0, 0.05) is 10.5 Å². The van der Waals surface area contributed by atoms with E-state index in [1.54, 1.807) is 0 Å². The lowest BCUT2D eigenvalue weighted by Gasteiger charge is -2.15. The van der Waals surface area contributed by atoms with Crippen LogP contribution in [0.4, 0.5) is 8.78 Å². The number of hydrogen-bond donors (Lipinski definition) is 1. The minimum absolute atomic E-state index is 0.159. The van der Waals surface area contributed by atoms with Crippen molar-refractivity contribution in [1.82, 2.24) is 5.32 Å². The molecule has 6 heteroatoms. The van der Waals surface area contributed by atoms with Crippen LogP contribution in [0.15, 0.2) is 46.9 Å². The van der Waals surface area contributed by atoms with Gasteiger partial charge in [-0.3, -0.25) is 4.79 Å². The Hall–Kier alpha value is -1.95. The first-order valence-corrected chi connectivity index (χ1v) is 7.37. The highest BCUT2D eigenvalue weighted by Crippen LogP contribution is 2.18. The summed E-state index contributed by atoms with van der Waals surface area (Å²) >= 11 is 3.34. The monoisotopic (exact) mass is 369 g/mol. The average Bonchev–Trinajstić information content (AvgIpc) is 2.47. The summed E-state index contributed by atoms with van der Waals surface area (Å²) in [7, 11) is 0. The van der Waals surface area contributed by atoms with Gasteiger partial charge >= 0.3 is 0 Å². The molecule has 0 bridgehead atoms. The number of halogens is 3. The van der Waals surface area contributed by atoms with E-state index in [0.717, 1.165) is 22.2 Å². The van der Waals surface area contributed by atoms with Crippen LogP contribution in [0.1, 0.15) is 18.5 Å². The molecule has 116 valence electrons. The lowest BCUT2D eigenvalue weighted by atomic mass is 10.1. The molecule has 22 heavy (non-hydrogen) atoms. The van der Waals surface area contributed by atoms with E-state index in [0.29, 0.717) is 6.07 Å². The second-order valence-corrected chi connectivity index (χ2v) is 5.62. The molecule has 0 aliphatic heterocycles. The number of hydrogen-bond acceptors (Lipinski definition) is 2. The number of amides is 1. The molecule has 0 fully saturated rings. The topological polar surface area (TPSA) is 38.3 Å². The second-order valence-electron chi connectivity index (χ2n) is 4.70. The zero-order valence-electron chi connectivity index (χ0n) is 11.8. The van der Waals surface area contributed by atoms with Crippen molar-refractivity contribution in [2.45, 2.75) is 13.0 Å². The molecule has 2 rings (SSSR count). The minimum atomic E-state index is -0.839. The van der Waals surface area contributed by atoms with Gasteiger partial charge in [0.05, 0.1) is 6.04 Å². The highest BCUT2D eigenvalue weighted by atomic mass is 79.9. The summed E-state index contributed by atoms with van der Waals surface area (Å²) < 4.78 is 32.1. The van der Waals surface area contributed by atoms with Crippen LogP contribution in [0.25, 0.3) is 0 Å². The quantitative estimate of drug-likeness (QED) is 0.865.